The van der Waals surface area contributed by atoms with Crippen molar-refractivity contribution in [3.8, 4) is 11.3 Å². The first-order valence-corrected chi connectivity index (χ1v) is 13.5. The number of carbonyl (C=O) groups is 2. The van der Waals surface area contributed by atoms with E-state index in [9.17, 15) is 22.8 Å². The molecule has 1 unspecified atom stereocenters. The molecule has 0 spiro atoms. The minimum atomic E-state index is -4.74. The van der Waals surface area contributed by atoms with E-state index in [-0.39, 0.29) is 52.9 Å². The first-order chi connectivity index (χ1) is 21.2. The lowest BCUT2D eigenvalue weighted by atomic mass is 10.1. The van der Waals surface area contributed by atoms with Gasteiger partial charge in [-0.1, -0.05) is 11.6 Å². The maximum Gasteiger partial charge on any atom is 0.435 e. The number of ether oxygens (including phenoxy) is 1. The minimum absolute atomic E-state index is 0.0618. The van der Waals surface area contributed by atoms with Crippen LogP contribution in [0.3, 0.4) is 0 Å². The van der Waals surface area contributed by atoms with Gasteiger partial charge in [-0.3, -0.25) is 18.7 Å². The molecule has 13 nitrogen and oxygen atoms in total. The summed E-state index contributed by atoms with van der Waals surface area (Å²) in [4.78, 5) is 42.2. The number of nitrogens with zero attached hydrogens (tertiary/aromatic N) is 8. The van der Waals surface area contributed by atoms with Gasteiger partial charge < -0.3 is 20.3 Å². The average Bonchev–Trinajstić information content (AvgIpc) is 3.63. The van der Waals surface area contributed by atoms with Crippen LogP contribution >= 0.6 is 11.6 Å². The molecule has 4 aromatic heterocycles. The van der Waals surface area contributed by atoms with Crippen molar-refractivity contribution in [1.82, 2.24) is 44.3 Å². The van der Waals surface area contributed by atoms with Gasteiger partial charge in [-0.05, 0) is 24.3 Å². The van der Waals surface area contributed by atoms with Gasteiger partial charge in [0.25, 0.3) is 12.4 Å². The molecule has 44 heavy (non-hydrogen) atoms. The Bertz CT molecular complexity index is 1830. The molecule has 1 amide bonds. The fourth-order valence-electron chi connectivity index (χ4n) is 4.82. The zero-order valence-corrected chi connectivity index (χ0v) is 23.3. The second-order valence-electron chi connectivity index (χ2n) is 9.57. The van der Waals surface area contributed by atoms with Crippen LogP contribution in [0.2, 0.25) is 5.02 Å². The number of hydrogen-bond donors (Lipinski definition) is 2. The number of anilines is 2. The molecule has 0 radical (unpaired) electrons. The van der Waals surface area contributed by atoms with Crippen molar-refractivity contribution in [3.63, 3.8) is 0 Å². The third-order valence-corrected chi connectivity index (χ3v) is 7.10. The molecular weight excluding hydrogens is 605 g/mol. The Morgan fingerprint density at radius 3 is 2.75 bits per heavy atom. The summed E-state index contributed by atoms with van der Waals surface area (Å²) in [6, 6.07) is 6.24. The van der Waals surface area contributed by atoms with Crippen molar-refractivity contribution in [1.29, 1.82) is 0 Å². The van der Waals surface area contributed by atoms with Crippen LogP contribution < -0.4 is 10.6 Å². The number of nitrogens with one attached hydrogen (secondary N) is 2. The van der Waals surface area contributed by atoms with E-state index >= 15 is 0 Å². The molecule has 1 aliphatic heterocycles. The molecule has 1 fully saturated rings. The first-order valence-electron chi connectivity index (χ1n) is 13.1. The molecule has 1 aliphatic rings. The summed E-state index contributed by atoms with van der Waals surface area (Å²) in [6.45, 7) is 1.36. The van der Waals surface area contributed by atoms with Gasteiger partial charge >= 0.3 is 6.18 Å². The van der Waals surface area contributed by atoms with E-state index in [0.717, 1.165) is 4.68 Å². The highest BCUT2D eigenvalue weighted by Crippen LogP contribution is 2.37. The molecule has 0 aliphatic carbocycles. The fraction of sp³-hybridized carbons (Fsp3) is 0.222. The Morgan fingerprint density at radius 2 is 2.00 bits per heavy atom. The molecular formula is C27H22ClF3N10O3. The van der Waals surface area contributed by atoms with Gasteiger partial charge in [0.05, 0.1) is 34.6 Å². The molecule has 1 aromatic carbocycles. The number of hydrogen-bond acceptors (Lipinski definition) is 10. The topological polar surface area (TPSA) is 144 Å². The quantitative estimate of drug-likeness (QED) is 0.246. The molecule has 0 saturated carbocycles. The first kappa shape index (κ1) is 29.0. The van der Waals surface area contributed by atoms with Crippen molar-refractivity contribution in [2.45, 2.75) is 18.9 Å². The number of alkyl halides is 3. The summed E-state index contributed by atoms with van der Waals surface area (Å²) in [5, 5.41) is 10.0. The monoisotopic (exact) mass is 626 g/mol. The van der Waals surface area contributed by atoms with Crippen LogP contribution in [0, 0.1) is 0 Å². The normalized spacial score (nSPS) is 15.4. The highest BCUT2D eigenvalue weighted by atomic mass is 35.5. The van der Waals surface area contributed by atoms with Gasteiger partial charge in [0, 0.05) is 49.8 Å². The standard InChI is InChI=1S/C27H22ClF3N10O3/c28-19-10-16(2-3-17(19)26(43)41-8-6-32-12-22(41)44-15-42)37-24-25-36-11-20(40(25)9-7-35-24)18-13-39(38-23(18)27(29,30)31)14-21-33-4-1-5-34-21/h1-5,7,9-11,13,15,22,32H,6,8,12,14H2,(H,35,37). The van der Waals surface area contributed by atoms with E-state index < -0.39 is 24.0 Å². The third-order valence-electron chi connectivity index (χ3n) is 6.79. The lowest BCUT2D eigenvalue weighted by Gasteiger charge is -2.34. The predicted molar refractivity (Wildman–Crippen MR) is 150 cm³/mol. The van der Waals surface area contributed by atoms with Gasteiger partial charge in [0.2, 0.25) is 0 Å². The van der Waals surface area contributed by atoms with Crippen molar-refractivity contribution in [2.24, 2.45) is 0 Å². The summed E-state index contributed by atoms with van der Waals surface area (Å²) in [5.74, 6) is 0.125. The maximum atomic E-state index is 14.0. The fourth-order valence-corrected chi connectivity index (χ4v) is 5.08. The van der Waals surface area contributed by atoms with E-state index in [1.54, 1.807) is 12.1 Å². The summed E-state index contributed by atoms with van der Waals surface area (Å²) < 4.78 is 49.7. The Labute approximate surface area is 251 Å². The third kappa shape index (κ3) is 5.76. The van der Waals surface area contributed by atoms with Crippen LogP contribution in [0.5, 0.6) is 0 Å². The highest BCUT2D eigenvalue weighted by Gasteiger charge is 2.38. The molecule has 5 heterocycles. The van der Waals surface area contributed by atoms with Gasteiger partial charge in [-0.2, -0.15) is 18.3 Å². The number of piperazine rings is 1. The zero-order valence-electron chi connectivity index (χ0n) is 22.6. The number of carbonyl (C=O) groups excluding carboxylic acids is 2. The zero-order chi connectivity index (χ0) is 30.8. The largest absolute Gasteiger partial charge is 0.442 e. The van der Waals surface area contributed by atoms with Crippen LogP contribution in [-0.2, 0) is 22.3 Å². The average molecular weight is 627 g/mol. The molecule has 2 N–H and O–H groups in total. The van der Waals surface area contributed by atoms with E-state index in [2.05, 4.69) is 35.7 Å². The highest BCUT2D eigenvalue weighted by molar-refractivity contribution is 6.34. The number of amides is 1. The van der Waals surface area contributed by atoms with Crippen LogP contribution in [0.15, 0.2) is 61.4 Å². The number of benzene rings is 1. The minimum Gasteiger partial charge on any atom is -0.442 e. The van der Waals surface area contributed by atoms with Crippen molar-refractivity contribution >= 4 is 41.1 Å². The van der Waals surface area contributed by atoms with E-state index in [0.29, 0.717) is 24.6 Å². The van der Waals surface area contributed by atoms with Gasteiger partial charge in [0.15, 0.2) is 23.4 Å². The molecule has 5 aromatic rings. The summed E-state index contributed by atoms with van der Waals surface area (Å²) in [5.41, 5.74) is -0.247. The Balaban J connectivity index is 1.28. The van der Waals surface area contributed by atoms with Gasteiger partial charge in [-0.15, -0.1) is 0 Å². The number of fused-ring (bicyclic) bond motifs is 1. The van der Waals surface area contributed by atoms with Crippen LogP contribution in [-0.4, -0.2) is 77.3 Å². The molecule has 1 atom stereocenters. The second-order valence-corrected chi connectivity index (χ2v) is 9.98. The number of imidazole rings is 1. The van der Waals surface area contributed by atoms with Crippen LogP contribution in [0.25, 0.3) is 16.9 Å². The lowest BCUT2D eigenvalue weighted by Crippen LogP contribution is -2.54. The molecule has 0 bridgehead atoms. The lowest BCUT2D eigenvalue weighted by molar-refractivity contribution is -0.142. The van der Waals surface area contributed by atoms with Crippen molar-refractivity contribution in [2.75, 3.05) is 25.0 Å². The molecule has 6 rings (SSSR count). The number of rotatable bonds is 8. The smallest absolute Gasteiger partial charge is 0.435 e. The van der Waals surface area contributed by atoms with E-state index in [1.807, 2.05) is 0 Å². The Kier molecular flexibility index (Phi) is 7.84. The van der Waals surface area contributed by atoms with Gasteiger partial charge in [-0.25, -0.2) is 19.9 Å². The van der Waals surface area contributed by atoms with E-state index in [4.69, 9.17) is 16.3 Å². The SMILES string of the molecule is O=COC1CNCCN1C(=O)c1ccc(Nc2nccn3c(-c4cn(Cc5ncccn5)nc4C(F)(F)F)cnc23)cc1Cl. The number of halogens is 4. The van der Waals surface area contributed by atoms with Crippen LogP contribution in [0.4, 0.5) is 24.7 Å². The second kappa shape index (κ2) is 11.9. The number of aromatic nitrogens is 7. The summed E-state index contributed by atoms with van der Waals surface area (Å²) in [6.07, 6.45) is 2.95. The van der Waals surface area contributed by atoms with Crippen molar-refractivity contribution < 1.29 is 27.5 Å². The Hall–Kier alpha value is -5.09. The predicted octanol–water partition coefficient (Wildman–Crippen LogP) is 3.39. The van der Waals surface area contributed by atoms with Crippen LogP contribution in [0.1, 0.15) is 21.9 Å². The van der Waals surface area contributed by atoms with E-state index in [1.165, 1.54) is 58.6 Å². The molecule has 226 valence electrons. The maximum absolute atomic E-state index is 14.0. The Morgan fingerprint density at radius 1 is 1.18 bits per heavy atom. The van der Waals surface area contributed by atoms with Gasteiger partial charge in [0.1, 0.15) is 12.4 Å². The summed E-state index contributed by atoms with van der Waals surface area (Å²) >= 11 is 6.48. The summed E-state index contributed by atoms with van der Waals surface area (Å²) in [7, 11) is 0. The molecule has 17 heteroatoms. The van der Waals surface area contributed by atoms with Crippen molar-refractivity contribution in [3.05, 3.63) is 83.6 Å². The molecule has 1 saturated heterocycles.